The van der Waals surface area contributed by atoms with Crippen LogP contribution in [0.15, 0.2) is 6.07 Å². The number of hydrogen-bond donors (Lipinski definition) is 1. The van der Waals surface area contributed by atoms with E-state index in [0.717, 1.165) is 43.4 Å². The number of nitrogens with zero attached hydrogens (tertiary/aromatic N) is 4. The Morgan fingerprint density at radius 3 is 2.89 bits per heavy atom. The van der Waals surface area contributed by atoms with Crippen molar-refractivity contribution in [1.82, 2.24) is 14.9 Å². The van der Waals surface area contributed by atoms with Crippen molar-refractivity contribution >= 4 is 5.82 Å². The number of anilines is 1. The van der Waals surface area contributed by atoms with E-state index in [1.165, 1.54) is 0 Å². The Labute approximate surface area is 108 Å². The van der Waals surface area contributed by atoms with Crippen LogP contribution in [0.5, 0.6) is 0 Å². The average molecular weight is 250 g/mol. The first-order chi connectivity index (χ1) is 8.60. The van der Waals surface area contributed by atoms with Crippen LogP contribution in [0.3, 0.4) is 0 Å². The molecule has 100 valence electrons. The van der Waals surface area contributed by atoms with Crippen molar-refractivity contribution in [2.24, 2.45) is 0 Å². The van der Waals surface area contributed by atoms with Gasteiger partial charge in [0.05, 0.1) is 12.3 Å². The van der Waals surface area contributed by atoms with Gasteiger partial charge < -0.3 is 14.9 Å². The molecule has 0 bridgehead atoms. The SMILES string of the molecule is Cc1nc(C2CCN(CCO)C2)cc(N(C)C)n1. The zero-order valence-electron chi connectivity index (χ0n) is 11.4. The second kappa shape index (κ2) is 5.63. The third kappa shape index (κ3) is 2.97. The first kappa shape index (κ1) is 13.2. The molecule has 0 aliphatic carbocycles. The van der Waals surface area contributed by atoms with Crippen molar-refractivity contribution < 1.29 is 5.11 Å². The highest BCUT2D eigenvalue weighted by Gasteiger charge is 2.25. The third-order valence-electron chi connectivity index (χ3n) is 3.41. The Morgan fingerprint density at radius 1 is 1.44 bits per heavy atom. The van der Waals surface area contributed by atoms with Crippen LogP contribution in [0.25, 0.3) is 0 Å². The van der Waals surface area contributed by atoms with Crippen molar-refractivity contribution in [3.63, 3.8) is 0 Å². The number of aromatic nitrogens is 2. The van der Waals surface area contributed by atoms with Gasteiger partial charge in [0.1, 0.15) is 11.6 Å². The second-order valence-corrected chi connectivity index (χ2v) is 5.10. The second-order valence-electron chi connectivity index (χ2n) is 5.10. The zero-order valence-corrected chi connectivity index (χ0v) is 11.4. The molecule has 2 rings (SSSR count). The van der Waals surface area contributed by atoms with Crippen LogP contribution in [0.4, 0.5) is 5.82 Å². The summed E-state index contributed by atoms with van der Waals surface area (Å²) in [6, 6.07) is 2.08. The van der Waals surface area contributed by atoms with Crippen LogP contribution < -0.4 is 4.90 Å². The van der Waals surface area contributed by atoms with Gasteiger partial charge in [0, 0.05) is 39.2 Å². The van der Waals surface area contributed by atoms with Crippen molar-refractivity contribution in [3.05, 3.63) is 17.6 Å². The lowest BCUT2D eigenvalue weighted by molar-refractivity contribution is 0.220. The number of aryl methyl sites for hydroxylation is 1. The lowest BCUT2D eigenvalue weighted by Crippen LogP contribution is -2.24. The van der Waals surface area contributed by atoms with Gasteiger partial charge in [-0.05, 0) is 19.9 Å². The largest absolute Gasteiger partial charge is 0.395 e. The molecule has 5 nitrogen and oxygen atoms in total. The number of aliphatic hydroxyl groups excluding tert-OH is 1. The minimum absolute atomic E-state index is 0.235. The van der Waals surface area contributed by atoms with Crippen molar-refractivity contribution in [2.45, 2.75) is 19.3 Å². The van der Waals surface area contributed by atoms with Crippen LogP contribution >= 0.6 is 0 Å². The number of rotatable bonds is 4. The van der Waals surface area contributed by atoms with Crippen LogP contribution in [0.1, 0.15) is 23.9 Å². The fraction of sp³-hybridized carbons (Fsp3) is 0.692. The standard InChI is InChI=1S/C13H22N4O/c1-10-14-12(8-13(15-10)16(2)3)11-4-5-17(9-11)6-7-18/h8,11,18H,4-7,9H2,1-3H3. The molecule has 1 aliphatic rings. The third-order valence-corrected chi connectivity index (χ3v) is 3.41. The fourth-order valence-corrected chi connectivity index (χ4v) is 2.43. The highest BCUT2D eigenvalue weighted by atomic mass is 16.3. The number of likely N-dealkylation sites (tertiary alicyclic amines) is 1. The lowest BCUT2D eigenvalue weighted by Gasteiger charge is -2.17. The molecule has 0 aromatic carbocycles. The topological polar surface area (TPSA) is 52.5 Å². The predicted octanol–water partition coefficient (Wildman–Crippen LogP) is 0.633. The maximum absolute atomic E-state index is 8.97. The van der Waals surface area contributed by atoms with Gasteiger partial charge in [0.25, 0.3) is 0 Å². The van der Waals surface area contributed by atoms with Crippen molar-refractivity contribution in [3.8, 4) is 0 Å². The molecule has 1 unspecified atom stereocenters. The first-order valence-electron chi connectivity index (χ1n) is 6.46. The van der Waals surface area contributed by atoms with E-state index in [-0.39, 0.29) is 6.61 Å². The molecule has 0 spiro atoms. The molecule has 1 atom stereocenters. The van der Waals surface area contributed by atoms with Crippen LogP contribution in [-0.4, -0.2) is 60.3 Å². The van der Waals surface area contributed by atoms with E-state index in [1.54, 1.807) is 0 Å². The summed E-state index contributed by atoms with van der Waals surface area (Å²) < 4.78 is 0. The van der Waals surface area contributed by atoms with Crippen LogP contribution in [0.2, 0.25) is 0 Å². The lowest BCUT2D eigenvalue weighted by atomic mass is 10.0. The summed E-state index contributed by atoms with van der Waals surface area (Å²) in [7, 11) is 4.00. The van der Waals surface area contributed by atoms with Crippen LogP contribution in [-0.2, 0) is 0 Å². The quantitative estimate of drug-likeness (QED) is 0.849. The van der Waals surface area contributed by atoms with E-state index in [1.807, 2.05) is 25.9 Å². The van der Waals surface area contributed by atoms with Gasteiger partial charge in [-0.3, -0.25) is 0 Å². The molecule has 1 aromatic rings. The average Bonchev–Trinajstić information content (AvgIpc) is 2.77. The monoisotopic (exact) mass is 250 g/mol. The van der Waals surface area contributed by atoms with Gasteiger partial charge in [-0.1, -0.05) is 0 Å². The highest BCUT2D eigenvalue weighted by molar-refractivity contribution is 5.39. The molecular weight excluding hydrogens is 228 g/mol. The summed E-state index contributed by atoms with van der Waals surface area (Å²) in [5.74, 6) is 2.27. The minimum Gasteiger partial charge on any atom is -0.395 e. The van der Waals surface area contributed by atoms with E-state index >= 15 is 0 Å². The number of hydrogen-bond acceptors (Lipinski definition) is 5. The van der Waals surface area contributed by atoms with Gasteiger partial charge in [-0.2, -0.15) is 0 Å². The van der Waals surface area contributed by atoms with Gasteiger partial charge in [-0.15, -0.1) is 0 Å². The zero-order chi connectivity index (χ0) is 13.1. The molecule has 2 heterocycles. The summed E-state index contributed by atoms with van der Waals surface area (Å²) in [6.45, 7) is 4.98. The Balaban J connectivity index is 2.14. The fourth-order valence-electron chi connectivity index (χ4n) is 2.43. The molecular formula is C13H22N4O. The molecule has 0 amide bonds. The first-order valence-corrected chi connectivity index (χ1v) is 6.46. The van der Waals surface area contributed by atoms with E-state index in [2.05, 4.69) is 20.9 Å². The molecule has 0 saturated carbocycles. The minimum atomic E-state index is 0.235. The Bertz CT molecular complexity index is 408. The van der Waals surface area contributed by atoms with Gasteiger partial charge >= 0.3 is 0 Å². The number of aliphatic hydroxyl groups is 1. The molecule has 1 saturated heterocycles. The van der Waals surface area contributed by atoms with Crippen molar-refractivity contribution in [2.75, 3.05) is 45.2 Å². The summed E-state index contributed by atoms with van der Waals surface area (Å²) in [4.78, 5) is 13.3. The molecule has 5 heteroatoms. The Morgan fingerprint density at radius 2 is 2.22 bits per heavy atom. The smallest absolute Gasteiger partial charge is 0.132 e. The summed E-state index contributed by atoms with van der Waals surface area (Å²) >= 11 is 0. The molecule has 0 radical (unpaired) electrons. The maximum atomic E-state index is 8.97. The maximum Gasteiger partial charge on any atom is 0.132 e. The van der Waals surface area contributed by atoms with E-state index < -0.39 is 0 Å². The van der Waals surface area contributed by atoms with Gasteiger partial charge in [-0.25, -0.2) is 9.97 Å². The van der Waals surface area contributed by atoms with E-state index in [9.17, 15) is 0 Å². The van der Waals surface area contributed by atoms with E-state index in [4.69, 9.17) is 5.11 Å². The highest BCUT2D eigenvalue weighted by Crippen LogP contribution is 2.27. The molecule has 1 N–H and O–H groups in total. The van der Waals surface area contributed by atoms with Gasteiger partial charge in [0.2, 0.25) is 0 Å². The summed E-state index contributed by atoms with van der Waals surface area (Å²) in [5.41, 5.74) is 1.13. The Hall–Kier alpha value is -1.20. The van der Waals surface area contributed by atoms with E-state index in [0.29, 0.717) is 5.92 Å². The summed E-state index contributed by atoms with van der Waals surface area (Å²) in [5, 5.41) is 8.97. The van der Waals surface area contributed by atoms with Crippen LogP contribution in [0, 0.1) is 6.92 Å². The predicted molar refractivity (Wildman–Crippen MR) is 72.0 cm³/mol. The summed E-state index contributed by atoms with van der Waals surface area (Å²) in [6.07, 6.45) is 1.11. The number of β-amino-alcohol motifs (C(OH)–C–C–N with tert-alkyl or cyclic N) is 1. The molecule has 18 heavy (non-hydrogen) atoms. The van der Waals surface area contributed by atoms with Gasteiger partial charge in [0.15, 0.2) is 0 Å². The molecule has 1 fully saturated rings. The van der Waals surface area contributed by atoms with Crippen molar-refractivity contribution in [1.29, 1.82) is 0 Å². The molecule has 1 aliphatic heterocycles. The molecule has 1 aromatic heterocycles. The normalized spacial score (nSPS) is 20.3. The Kier molecular flexibility index (Phi) is 4.14.